The number of benzene rings is 2. The standard InChI is InChI=1S/C23H31NO4/c1-3-4-5-6-7-10-17-27-19-13-15-20(16-14-19)28-18-23(25)24-21-11-8-9-12-22(21)26-2/h8-9,11-16H,3-7,10,17-18H2,1-2H3,(H,24,25). The highest BCUT2D eigenvalue weighted by atomic mass is 16.5. The van der Waals surface area contributed by atoms with E-state index in [1.807, 2.05) is 36.4 Å². The summed E-state index contributed by atoms with van der Waals surface area (Å²) in [4.78, 5) is 12.1. The van der Waals surface area contributed by atoms with Crippen LogP contribution < -0.4 is 19.5 Å². The molecule has 0 aromatic heterocycles. The van der Waals surface area contributed by atoms with Crippen molar-refractivity contribution in [1.29, 1.82) is 0 Å². The Morgan fingerprint density at radius 1 is 0.857 bits per heavy atom. The van der Waals surface area contributed by atoms with Gasteiger partial charge in [-0.1, -0.05) is 51.2 Å². The molecule has 0 aliphatic carbocycles. The van der Waals surface area contributed by atoms with Gasteiger partial charge in [0.2, 0.25) is 0 Å². The van der Waals surface area contributed by atoms with E-state index in [4.69, 9.17) is 14.2 Å². The molecule has 0 saturated carbocycles. The lowest BCUT2D eigenvalue weighted by Gasteiger charge is -2.11. The van der Waals surface area contributed by atoms with Gasteiger partial charge in [-0.3, -0.25) is 4.79 Å². The SMILES string of the molecule is CCCCCCCCOc1ccc(OCC(=O)Nc2ccccc2OC)cc1. The Kier molecular flexibility index (Phi) is 9.76. The molecule has 0 fully saturated rings. The van der Waals surface area contributed by atoms with Crippen molar-refractivity contribution < 1.29 is 19.0 Å². The third kappa shape index (κ3) is 7.91. The van der Waals surface area contributed by atoms with Crippen LogP contribution >= 0.6 is 0 Å². The summed E-state index contributed by atoms with van der Waals surface area (Å²) in [6.07, 6.45) is 7.47. The molecule has 0 saturated heterocycles. The smallest absolute Gasteiger partial charge is 0.262 e. The van der Waals surface area contributed by atoms with Crippen LogP contribution in [0.1, 0.15) is 45.4 Å². The Balaban J connectivity index is 1.67. The lowest BCUT2D eigenvalue weighted by Crippen LogP contribution is -2.20. The van der Waals surface area contributed by atoms with Crippen LogP contribution in [-0.2, 0) is 4.79 Å². The van der Waals surface area contributed by atoms with Crippen LogP contribution in [0.15, 0.2) is 48.5 Å². The van der Waals surface area contributed by atoms with Gasteiger partial charge in [0.25, 0.3) is 5.91 Å². The minimum absolute atomic E-state index is 0.0734. The highest BCUT2D eigenvalue weighted by Crippen LogP contribution is 2.23. The second kappa shape index (κ2) is 12.7. The summed E-state index contributed by atoms with van der Waals surface area (Å²) < 4.78 is 16.5. The van der Waals surface area contributed by atoms with E-state index in [-0.39, 0.29) is 12.5 Å². The van der Waals surface area contributed by atoms with E-state index in [0.717, 1.165) is 18.8 Å². The minimum atomic E-state index is -0.243. The molecule has 0 aliphatic rings. The van der Waals surface area contributed by atoms with E-state index >= 15 is 0 Å². The first kappa shape index (κ1) is 21.6. The van der Waals surface area contributed by atoms with E-state index in [9.17, 15) is 4.79 Å². The van der Waals surface area contributed by atoms with Crippen molar-refractivity contribution in [2.75, 3.05) is 25.6 Å². The number of carbonyl (C=O) groups is 1. The molecule has 0 aliphatic heterocycles. The molecule has 2 aromatic carbocycles. The highest BCUT2D eigenvalue weighted by molar-refractivity contribution is 5.93. The number of unbranched alkanes of at least 4 members (excludes halogenated alkanes) is 5. The molecule has 152 valence electrons. The zero-order valence-electron chi connectivity index (χ0n) is 16.9. The van der Waals surface area contributed by atoms with Gasteiger partial charge >= 0.3 is 0 Å². The Morgan fingerprint density at radius 3 is 2.21 bits per heavy atom. The summed E-state index contributed by atoms with van der Waals surface area (Å²) in [6, 6.07) is 14.6. The zero-order chi connectivity index (χ0) is 20.0. The van der Waals surface area contributed by atoms with Gasteiger partial charge in [-0.2, -0.15) is 0 Å². The van der Waals surface area contributed by atoms with Gasteiger partial charge in [0.1, 0.15) is 17.2 Å². The molecule has 0 unspecified atom stereocenters. The maximum absolute atomic E-state index is 12.1. The normalized spacial score (nSPS) is 10.4. The molecule has 5 nitrogen and oxygen atoms in total. The Morgan fingerprint density at radius 2 is 1.50 bits per heavy atom. The van der Waals surface area contributed by atoms with E-state index in [1.54, 1.807) is 19.2 Å². The second-order valence-corrected chi connectivity index (χ2v) is 6.62. The van der Waals surface area contributed by atoms with Gasteiger partial charge in [0.05, 0.1) is 19.4 Å². The van der Waals surface area contributed by atoms with Crippen molar-refractivity contribution in [3.8, 4) is 17.2 Å². The summed E-state index contributed by atoms with van der Waals surface area (Å²) in [5, 5.41) is 2.78. The van der Waals surface area contributed by atoms with E-state index < -0.39 is 0 Å². The van der Waals surface area contributed by atoms with Crippen molar-refractivity contribution in [1.82, 2.24) is 0 Å². The monoisotopic (exact) mass is 385 g/mol. The number of hydrogen-bond donors (Lipinski definition) is 1. The van der Waals surface area contributed by atoms with Crippen LogP contribution in [0.5, 0.6) is 17.2 Å². The summed E-state index contributed by atoms with van der Waals surface area (Å²) in [7, 11) is 1.57. The first-order valence-electron chi connectivity index (χ1n) is 10.0. The fraction of sp³-hybridized carbons (Fsp3) is 0.435. The Labute approximate surface area is 168 Å². The number of methoxy groups -OCH3 is 1. The summed E-state index contributed by atoms with van der Waals surface area (Å²) in [5.41, 5.74) is 0.622. The number of rotatable bonds is 13. The van der Waals surface area contributed by atoms with Crippen LogP contribution in [0.3, 0.4) is 0 Å². The molecule has 1 N–H and O–H groups in total. The highest BCUT2D eigenvalue weighted by Gasteiger charge is 2.07. The number of anilines is 1. The van der Waals surface area contributed by atoms with Gasteiger partial charge in [-0.25, -0.2) is 0 Å². The van der Waals surface area contributed by atoms with Gasteiger partial charge in [0.15, 0.2) is 6.61 Å². The van der Waals surface area contributed by atoms with Crippen LogP contribution in [0.25, 0.3) is 0 Å². The number of ether oxygens (including phenoxy) is 3. The summed E-state index contributed by atoms with van der Waals surface area (Å²) in [5.74, 6) is 1.82. The van der Waals surface area contributed by atoms with E-state index in [2.05, 4.69) is 12.2 Å². The third-order valence-corrected chi connectivity index (χ3v) is 4.34. The molecule has 1 amide bonds. The van der Waals surface area contributed by atoms with Crippen molar-refractivity contribution in [2.45, 2.75) is 45.4 Å². The Bertz CT molecular complexity index is 700. The molecule has 0 bridgehead atoms. The molecule has 2 rings (SSSR count). The van der Waals surface area contributed by atoms with Crippen LogP contribution in [0.4, 0.5) is 5.69 Å². The maximum Gasteiger partial charge on any atom is 0.262 e. The average Bonchev–Trinajstić information content (AvgIpc) is 2.73. The lowest BCUT2D eigenvalue weighted by molar-refractivity contribution is -0.118. The molecular formula is C23H31NO4. The maximum atomic E-state index is 12.1. The van der Waals surface area contributed by atoms with Crippen LogP contribution in [0, 0.1) is 0 Å². The Hall–Kier alpha value is -2.69. The predicted molar refractivity (Wildman–Crippen MR) is 112 cm³/mol. The molecule has 0 spiro atoms. The number of nitrogens with one attached hydrogen (secondary N) is 1. The first-order chi connectivity index (χ1) is 13.7. The number of amides is 1. The summed E-state index contributed by atoms with van der Waals surface area (Å²) in [6.45, 7) is 2.88. The largest absolute Gasteiger partial charge is 0.495 e. The van der Waals surface area contributed by atoms with Crippen LogP contribution in [0.2, 0.25) is 0 Å². The molecule has 5 heteroatoms. The number of carbonyl (C=O) groups excluding carboxylic acids is 1. The van der Waals surface area contributed by atoms with Gasteiger partial charge < -0.3 is 19.5 Å². The van der Waals surface area contributed by atoms with Crippen molar-refractivity contribution in [3.63, 3.8) is 0 Å². The van der Waals surface area contributed by atoms with Gasteiger partial charge in [0, 0.05) is 0 Å². The minimum Gasteiger partial charge on any atom is -0.495 e. The molecule has 2 aromatic rings. The second-order valence-electron chi connectivity index (χ2n) is 6.62. The third-order valence-electron chi connectivity index (χ3n) is 4.34. The quantitative estimate of drug-likeness (QED) is 0.466. The van der Waals surface area contributed by atoms with Crippen molar-refractivity contribution in [2.24, 2.45) is 0 Å². The molecule has 28 heavy (non-hydrogen) atoms. The summed E-state index contributed by atoms with van der Waals surface area (Å²) >= 11 is 0. The number of para-hydroxylation sites is 2. The predicted octanol–water partition coefficient (Wildman–Crippen LogP) is 5.45. The topological polar surface area (TPSA) is 56.8 Å². The van der Waals surface area contributed by atoms with Crippen molar-refractivity contribution >= 4 is 11.6 Å². The average molecular weight is 386 g/mol. The molecule has 0 atom stereocenters. The lowest BCUT2D eigenvalue weighted by atomic mass is 10.1. The van der Waals surface area contributed by atoms with E-state index in [1.165, 1.54) is 32.1 Å². The number of hydrogen-bond acceptors (Lipinski definition) is 4. The van der Waals surface area contributed by atoms with Crippen molar-refractivity contribution in [3.05, 3.63) is 48.5 Å². The van der Waals surface area contributed by atoms with Gasteiger partial charge in [-0.05, 0) is 42.8 Å². The van der Waals surface area contributed by atoms with E-state index in [0.29, 0.717) is 17.2 Å². The fourth-order valence-electron chi connectivity index (χ4n) is 2.79. The first-order valence-corrected chi connectivity index (χ1v) is 10.0. The fourth-order valence-corrected chi connectivity index (χ4v) is 2.79. The molecular weight excluding hydrogens is 354 g/mol. The molecule has 0 radical (unpaired) electrons. The van der Waals surface area contributed by atoms with Gasteiger partial charge in [-0.15, -0.1) is 0 Å². The van der Waals surface area contributed by atoms with Crippen LogP contribution in [-0.4, -0.2) is 26.2 Å². The molecule has 0 heterocycles. The zero-order valence-corrected chi connectivity index (χ0v) is 16.9.